The highest BCUT2D eigenvalue weighted by atomic mass is 19.1. The van der Waals surface area contributed by atoms with Gasteiger partial charge in [0.25, 0.3) is 0 Å². The average molecular weight is 299 g/mol. The normalized spacial score (nSPS) is 11.4. The monoisotopic (exact) mass is 299 g/mol. The van der Waals surface area contributed by atoms with Gasteiger partial charge in [-0.1, -0.05) is 30.3 Å². The van der Waals surface area contributed by atoms with Gasteiger partial charge in [0.1, 0.15) is 17.2 Å². The first-order valence-electron chi connectivity index (χ1n) is 6.47. The largest absolute Gasteiger partial charge is 0.350 e. The molecule has 0 spiro atoms. The molecule has 110 valence electrons. The van der Waals surface area contributed by atoms with Gasteiger partial charge in [0.15, 0.2) is 0 Å². The maximum absolute atomic E-state index is 13.9. The third-order valence-electron chi connectivity index (χ3n) is 3.19. The van der Waals surface area contributed by atoms with Gasteiger partial charge in [-0.2, -0.15) is 9.78 Å². The van der Waals surface area contributed by atoms with E-state index in [1.165, 1.54) is 24.3 Å². The molecule has 1 aromatic heterocycles. The molecule has 4 nitrogen and oxygen atoms in total. The Balaban J connectivity index is 2.09. The van der Waals surface area contributed by atoms with E-state index >= 15 is 0 Å². The number of nitrogens with two attached hydrogens (primary N) is 1. The van der Waals surface area contributed by atoms with Crippen LogP contribution in [0.1, 0.15) is 11.3 Å². The Labute approximate surface area is 124 Å². The van der Waals surface area contributed by atoms with Gasteiger partial charge in [-0.05, 0) is 29.8 Å². The Bertz CT molecular complexity index is 882. The molecule has 0 aliphatic carbocycles. The highest BCUT2D eigenvalue weighted by molar-refractivity contribution is 5.95. The number of aromatic nitrogens is 2. The molecular formula is C16H11F2N3O. The maximum atomic E-state index is 13.9. The summed E-state index contributed by atoms with van der Waals surface area (Å²) in [5.41, 5.74) is 6.40. The number of hydrogen-bond donors (Lipinski definition) is 1. The summed E-state index contributed by atoms with van der Waals surface area (Å²) in [5, 5.41) is 4.49. The molecule has 0 unspecified atom stereocenters. The number of hydrogen-bond acceptors (Lipinski definition) is 2. The Hall–Kier alpha value is -3.02. The number of amides is 1. The van der Waals surface area contributed by atoms with Gasteiger partial charge in [0.05, 0.1) is 5.69 Å². The first-order valence-corrected chi connectivity index (χ1v) is 6.47. The van der Waals surface area contributed by atoms with Gasteiger partial charge < -0.3 is 5.73 Å². The lowest BCUT2D eigenvalue weighted by Gasteiger charge is -1.96. The Morgan fingerprint density at radius 1 is 1.09 bits per heavy atom. The van der Waals surface area contributed by atoms with Crippen LogP contribution in [0.5, 0.6) is 0 Å². The molecule has 0 aliphatic heterocycles. The van der Waals surface area contributed by atoms with Crippen molar-refractivity contribution >= 4 is 29.1 Å². The van der Waals surface area contributed by atoms with Gasteiger partial charge in [0.2, 0.25) is 0 Å². The molecule has 2 aromatic carbocycles. The number of rotatable bonds is 2. The molecule has 3 rings (SSSR count). The van der Waals surface area contributed by atoms with Crippen molar-refractivity contribution in [3.05, 3.63) is 65.4 Å². The highest BCUT2D eigenvalue weighted by Gasteiger charge is 2.15. The third-order valence-corrected chi connectivity index (χ3v) is 3.19. The minimum absolute atomic E-state index is 0.0359. The van der Waals surface area contributed by atoms with E-state index in [2.05, 4.69) is 5.10 Å². The van der Waals surface area contributed by atoms with Gasteiger partial charge in [-0.3, -0.25) is 0 Å². The summed E-state index contributed by atoms with van der Waals surface area (Å²) in [5.74, 6) is -0.909. The van der Waals surface area contributed by atoms with Crippen LogP contribution in [-0.2, 0) is 0 Å². The first-order chi connectivity index (χ1) is 10.6. The van der Waals surface area contributed by atoms with E-state index in [1.54, 1.807) is 30.4 Å². The summed E-state index contributed by atoms with van der Waals surface area (Å²) in [6, 6.07) is 9.40. The number of para-hydroxylation sites is 1. The minimum atomic E-state index is -0.864. The van der Waals surface area contributed by atoms with Gasteiger partial charge >= 0.3 is 6.03 Å². The lowest BCUT2D eigenvalue weighted by atomic mass is 10.1. The number of primary amides is 1. The average Bonchev–Trinajstić information content (AvgIpc) is 2.87. The Kier molecular flexibility index (Phi) is 3.42. The predicted molar refractivity (Wildman–Crippen MR) is 80.0 cm³/mol. The van der Waals surface area contributed by atoms with Crippen LogP contribution in [0.2, 0.25) is 0 Å². The molecule has 0 bridgehead atoms. The number of benzene rings is 2. The highest BCUT2D eigenvalue weighted by Crippen LogP contribution is 2.23. The van der Waals surface area contributed by atoms with Crippen molar-refractivity contribution in [1.82, 2.24) is 9.78 Å². The quantitative estimate of drug-likeness (QED) is 0.788. The van der Waals surface area contributed by atoms with E-state index in [0.717, 1.165) is 10.2 Å². The standard InChI is InChI=1S/C16H11F2N3O/c17-11-7-4-10(5-8-11)6-9-14-12-2-1-3-13(18)15(12)21(20-14)16(19)22/h1-9H,(H2,19,22)/b9-6+. The summed E-state index contributed by atoms with van der Waals surface area (Å²) in [7, 11) is 0. The van der Waals surface area contributed by atoms with Crippen LogP contribution >= 0.6 is 0 Å². The summed E-state index contributed by atoms with van der Waals surface area (Å²) < 4.78 is 27.6. The molecule has 3 aromatic rings. The predicted octanol–water partition coefficient (Wildman–Crippen LogP) is 3.41. The van der Waals surface area contributed by atoms with E-state index in [4.69, 9.17) is 5.73 Å². The van der Waals surface area contributed by atoms with Crippen molar-refractivity contribution in [3.8, 4) is 0 Å². The molecule has 0 saturated heterocycles. The maximum Gasteiger partial charge on any atom is 0.340 e. The molecule has 22 heavy (non-hydrogen) atoms. The van der Waals surface area contributed by atoms with E-state index in [1.807, 2.05) is 0 Å². The molecule has 0 radical (unpaired) electrons. The molecule has 1 heterocycles. The van der Waals surface area contributed by atoms with Crippen LogP contribution in [0, 0.1) is 11.6 Å². The third kappa shape index (κ3) is 2.46. The number of nitrogens with zero attached hydrogens (tertiary/aromatic N) is 2. The number of halogens is 2. The fraction of sp³-hybridized carbons (Fsp3) is 0. The Morgan fingerprint density at radius 2 is 1.82 bits per heavy atom. The number of fused-ring (bicyclic) bond motifs is 1. The SMILES string of the molecule is NC(=O)n1nc(/C=C/c2ccc(F)cc2)c2cccc(F)c21. The van der Waals surface area contributed by atoms with E-state index in [-0.39, 0.29) is 11.3 Å². The second kappa shape index (κ2) is 5.40. The molecule has 2 N–H and O–H groups in total. The number of carbonyl (C=O) groups excluding carboxylic acids is 1. The Morgan fingerprint density at radius 3 is 2.50 bits per heavy atom. The zero-order chi connectivity index (χ0) is 15.7. The second-order valence-corrected chi connectivity index (χ2v) is 4.66. The fourth-order valence-electron chi connectivity index (χ4n) is 2.18. The van der Waals surface area contributed by atoms with Gasteiger partial charge in [0, 0.05) is 5.39 Å². The summed E-state index contributed by atoms with van der Waals surface area (Å²) >= 11 is 0. The zero-order valence-corrected chi connectivity index (χ0v) is 11.3. The van der Waals surface area contributed by atoms with E-state index in [9.17, 15) is 13.6 Å². The van der Waals surface area contributed by atoms with Crippen LogP contribution in [0.4, 0.5) is 13.6 Å². The topological polar surface area (TPSA) is 60.9 Å². The molecule has 0 fully saturated rings. The van der Waals surface area contributed by atoms with Gasteiger partial charge in [-0.15, -0.1) is 0 Å². The molecular weight excluding hydrogens is 288 g/mol. The number of carbonyl (C=O) groups is 1. The second-order valence-electron chi connectivity index (χ2n) is 4.66. The van der Waals surface area contributed by atoms with Crippen molar-refractivity contribution in [3.63, 3.8) is 0 Å². The van der Waals surface area contributed by atoms with Crippen molar-refractivity contribution in [2.45, 2.75) is 0 Å². The van der Waals surface area contributed by atoms with Crippen LogP contribution < -0.4 is 5.73 Å². The van der Waals surface area contributed by atoms with Crippen LogP contribution in [0.25, 0.3) is 23.1 Å². The smallest absolute Gasteiger partial charge is 0.340 e. The fourth-order valence-corrected chi connectivity index (χ4v) is 2.18. The summed E-state index contributed by atoms with van der Waals surface area (Å²) in [4.78, 5) is 11.4. The lowest BCUT2D eigenvalue weighted by Crippen LogP contribution is -2.21. The van der Waals surface area contributed by atoms with Crippen LogP contribution in [0.3, 0.4) is 0 Å². The van der Waals surface area contributed by atoms with Crippen molar-refractivity contribution < 1.29 is 13.6 Å². The van der Waals surface area contributed by atoms with Crippen LogP contribution in [-0.4, -0.2) is 15.8 Å². The molecule has 6 heteroatoms. The van der Waals surface area contributed by atoms with Gasteiger partial charge in [-0.25, -0.2) is 13.6 Å². The molecule has 0 atom stereocenters. The van der Waals surface area contributed by atoms with Crippen molar-refractivity contribution in [2.75, 3.05) is 0 Å². The zero-order valence-electron chi connectivity index (χ0n) is 11.3. The molecule has 0 aliphatic rings. The first kappa shape index (κ1) is 13.9. The summed E-state index contributed by atoms with van der Waals surface area (Å²) in [6.45, 7) is 0. The molecule has 1 amide bonds. The van der Waals surface area contributed by atoms with E-state index in [0.29, 0.717) is 11.1 Å². The lowest BCUT2D eigenvalue weighted by molar-refractivity contribution is 0.248. The van der Waals surface area contributed by atoms with Crippen molar-refractivity contribution in [2.24, 2.45) is 5.73 Å². The summed E-state index contributed by atoms with van der Waals surface area (Å²) in [6.07, 6.45) is 3.31. The minimum Gasteiger partial charge on any atom is -0.350 e. The van der Waals surface area contributed by atoms with Crippen LogP contribution in [0.15, 0.2) is 42.5 Å². The van der Waals surface area contributed by atoms with E-state index < -0.39 is 11.8 Å². The van der Waals surface area contributed by atoms with Crippen molar-refractivity contribution in [1.29, 1.82) is 0 Å². The molecule has 0 saturated carbocycles.